The predicted octanol–water partition coefficient (Wildman–Crippen LogP) is 1.96. The minimum atomic E-state index is 0.0169. The summed E-state index contributed by atoms with van der Waals surface area (Å²) in [6.45, 7) is 6.52. The molecule has 104 valence electrons. The Balaban J connectivity index is 1.88. The summed E-state index contributed by atoms with van der Waals surface area (Å²) in [7, 11) is 0. The van der Waals surface area contributed by atoms with Crippen LogP contribution in [0.4, 0.5) is 5.69 Å². The van der Waals surface area contributed by atoms with Gasteiger partial charge in [0.1, 0.15) is 0 Å². The Kier molecular flexibility index (Phi) is 4.80. The Hall–Kier alpha value is -1.10. The lowest BCUT2D eigenvalue weighted by molar-refractivity contribution is -0.118. The summed E-state index contributed by atoms with van der Waals surface area (Å²) >= 11 is 5.81. The van der Waals surface area contributed by atoms with Gasteiger partial charge in [0.2, 0.25) is 5.91 Å². The van der Waals surface area contributed by atoms with E-state index in [9.17, 15) is 4.79 Å². The lowest BCUT2D eigenvalue weighted by Gasteiger charge is -2.36. The van der Waals surface area contributed by atoms with Crippen molar-refractivity contribution in [3.63, 3.8) is 0 Å². The third-order valence-electron chi connectivity index (χ3n) is 3.37. The number of halogens is 1. The SMILES string of the molecule is CC1CN(CC(=O)Nc2ccc(Cl)cc2)C(C)CN1. The number of benzene rings is 1. The molecule has 2 N–H and O–H groups in total. The van der Waals surface area contributed by atoms with Crippen molar-refractivity contribution in [3.8, 4) is 0 Å². The van der Waals surface area contributed by atoms with Crippen molar-refractivity contribution >= 4 is 23.2 Å². The highest BCUT2D eigenvalue weighted by atomic mass is 35.5. The Labute approximate surface area is 119 Å². The number of amides is 1. The van der Waals surface area contributed by atoms with Crippen LogP contribution < -0.4 is 10.6 Å². The molecule has 2 rings (SSSR count). The predicted molar refractivity (Wildman–Crippen MR) is 78.6 cm³/mol. The maximum atomic E-state index is 12.0. The highest BCUT2D eigenvalue weighted by Gasteiger charge is 2.23. The van der Waals surface area contributed by atoms with Crippen LogP contribution in [0.2, 0.25) is 5.02 Å². The molecule has 1 heterocycles. The monoisotopic (exact) mass is 281 g/mol. The van der Waals surface area contributed by atoms with Gasteiger partial charge in [-0.3, -0.25) is 9.69 Å². The second-order valence-electron chi connectivity index (χ2n) is 5.14. The van der Waals surface area contributed by atoms with E-state index in [4.69, 9.17) is 11.6 Å². The number of hydrogen-bond donors (Lipinski definition) is 2. The molecular formula is C14H20ClN3O. The molecule has 1 aliphatic rings. The van der Waals surface area contributed by atoms with Crippen molar-refractivity contribution in [2.45, 2.75) is 25.9 Å². The van der Waals surface area contributed by atoms with E-state index < -0.39 is 0 Å². The van der Waals surface area contributed by atoms with Gasteiger partial charge in [-0.1, -0.05) is 11.6 Å². The molecule has 0 aromatic heterocycles. The molecule has 0 saturated carbocycles. The van der Waals surface area contributed by atoms with Crippen LogP contribution in [0, 0.1) is 0 Å². The number of anilines is 1. The van der Waals surface area contributed by atoms with Gasteiger partial charge in [-0.15, -0.1) is 0 Å². The molecule has 1 aromatic carbocycles. The third kappa shape index (κ3) is 4.20. The molecule has 1 aliphatic heterocycles. The zero-order chi connectivity index (χ0) is 13.8. The van der Waals surface area contributed by atoms with Gasteiger partial charge < -0.3 is 10.6 Å². The summed E-state index contributed by atoms with van der Waals surface area (Å²) < 4.78 is 0. The van der Waals surface area contributed by atoms with Gasteiger partial charge in [0.25, 0.3) is 0 Å². The van der Waals surface area contributed by atoms with E-state index in [-0.39, 0.29) is 5.91 Å². The highest BCUT2D eigenvalue weighted by molar-refractivity contribution is 6.30. The summed E-state index contributed by atoms with van der Waals surface area (Å²) in [6.07, 6.45) is 0. The summed E-state index contributed by atoms with van der Waals surface area (Å²) in [5.41, 5.74) is 0.783. The Morgan fingerprint density at radius 3 is 2.79 bits per heavy atom. The number of carbonyl (C=O) groups excluding carboxylic acids is 1. The molecule has 5 heteroatoms. The standard InChI is InChI=1S/C14H20ClN3O/c1-10-8-18(11(2)7-16-10)9-14(19)17-13-5-3-12(15)4-6-13/h3-6,10-11,16H,7-9H2,1-2H3,(H,17,19). The maximum absolute atomic E-state index is 12.0. The fourth-order valence-electron chi connectivity index (χ4n) is 2.24. The van der Waals surface area contributed by atoms with Gasteiger partial charge in [0, 0.05) is 35.9 Å². The Morgan fingerprint density at radius 1 is 1.42 bits per heavy atom. The minimum Gasteiger partial charge on any atom is -0.325 e. The molecule has 0 spiro atoms. The van der Waals surface area contributed by atoms with Crippen LogP contribution in [0.1, 0.15) is 13.8 Å². The summed E-state index contributed by atoms with van der Waals surface area (Å²) in [6, 6.07) is 7.97. The Morgan fingerprint density at radius 2 is 2.11 bits per heavy atom. The van der Waals surface area contributed by atoms with E-state index in [1.165, 1.54) is 0 Å². The van der Waals surface area contributed by atoms with E-state index in [0.29, 0.717) is 23.7 Å². The number of hydrogen-bond acceptors (Lipinski definition) is 3. The lowest BCUT2D eigenvalue weighted by atomic mass is 10.1. The van der Waals surface area contributed by atoms with E-state index in [1.54, 1.807) is 12.1 Å². The molecule has 1 amide bonds. The van der Waals surface area contributed by atoms with Crippen molar-refractivity contribution < 1.29 is 4.79 Å². The van der Waals surface area contributed by atoms with Crippen molar-refractivity contribution in [2.24, 2.45) is 0 Å². The average Bonchev–Trinajstić information content (AvgIpc) is 2.37. The van der Waals surface area contributed by atoms with Gasteiger partial charge in [-0.05, 0) is 38.1 Å². The van der Waals surface area contributed by atoms with Gasteiger partial charge in [-0.25, -0.2) is 0 Å². The topological polar surface area (TPSA) is 44.4 Å². The normalized spacial score (nSPS) is 24.2. The van der Waals surface area contributed by atoms with Gasteiger partial charge in [0.05, 0.1) is 6.54 Å². The third-order valence-corrected chi connectivity index (χ3v) is 3.62. The summed E-state index contributed by atoms with van der Waals surface area (Å²) in [5, 5.41) is 6.96. The van der Waals surface area contributed by atoms with Crippen molar-refractivity contribution in [1.29, 1.82) is 0 Å². The maximum Gasteiger partial charge on any atom is 0.238 e. The second-order valence-corrected chi connectivity index (χ2v) is 5.58. The van der Waals surface area contributed by atoms with Gasteiger partial charge >= 0.3 is 0 Å². The number of nitrogens with zero attached hydrogens (tertiary/aromatic N) is 1. The van der Waals surface area contributed by atoms with Crippen molar-refractivity contribution in [3.05, 3.63) is 29.3 Å². The number of nitrogens with one attached hydrogen (secondary N) is 2. The molecule has 1 saturated heterocycles. The molecule has 4 nitrogen and oxygen atoms in total. The first-order valence-electron chi connectivity index (χ1n) is 6.57. The van der Waals surface area contributed by atoms with Crippen LogP contribution in [0.25, 0.3) is 0 Å². The van der Waals surface area contributed by atoms with Crippen LogP contribution >= 0.6 is 11.6 Å². The van der Waals surface area contributed by atoms with E-state index in [1.807, 2.05) is 12.1 Å². The van der Waals surface area contributed by atoms with Crippen LogP contribution in [0.5, 0.6) is 0 Å². The van der Waals surface area contributed by atoms with Crippen LogP contribution in [0.3, 0.4) is 0 Å². The van der Waals surface area contributed by atoms with Crippen molar-refractivity contribution in [1.82, 2.24) is 10.2 Å². The van der Waals surface area contributed by atoms with E-state index in [2.05, 4.69) is 29.4 Å². The first-order valence-corrected chi connectivity index (χ1v) is 6.95. The molecule has 0 aliphatic carbocycles. The van der Waals surface area contributed by atoms with Crippen LogP contribution in [0.15, 0.2) is 24.3 Å². The first kappa shape index (κ1) is 14.3. The molecule has 2 unspecified atom stereocenters. The number of rotatable bonds is 3. The second kappa shape index (κ2) is 6.37. The van der Waals surface area contributed by atoms with Gasteiger partial charge in [0.15, 0.2) is 0 Å². The molecular weight excluding hydrogens is 262 g/mol. The largest absolute Gasteiger partial charge is 0.325 e. The fraction of sp³-hybridized carbons (Fsp3) is 0.500. The quantitative estimate of drug-likeness (QED) is 0.890. The Bertz CT molecular complexity index is 435. The molecule has 0 radical (unpaired) electrons. The molecule has 1 fully saturated rings. The molecule has 2 atom stereocenters. The van der Waals surface area contributed by atoms with Crippen LogP contribution in [-0.4, -0.2) is 42.5 Å². The number of piperazine rings is 1. The van der Waals surface area contributed by atoms with E-state index in [0.717, 1.165) is 18.8 Å². The molecule has 0 bridgehead atoms. The summed E-state index contributed by atoms with van der Waals surface area (Å²) in [5.74, 6) is 0.0169. The minimum absolute atomic E-state index is 0.0169. The fourth-order valence-corrected chi connectivity index (χ4v) is 2.36. The highest BCUT2D eigenvalue weighted by Crippen LogP contribution is 2.13. The summed E-state index contributed by atoms with van der Waals surface area (Å²) in [4.78, 5) is 14.2. The first-order chi connectivity index (χ1) is 9.04. The van der Waals surface area contributed by atoms with Crippen molar-refractivity contribution in [2.75, 3.05) is 25.0 Å². The number of carbonyl (C=O) groups is 1. The zero-order valence-electron chi connectivity index (χ0n) is 11.3. The smallest absolute Gasteiger partial charge is 0.238 e. The molecule has 19 heavy (non-hydrogen) atoms. The van der Waals surface area contributed by atoms with Gasteiger partial charge in [-0.2, -0.15) is 0 Å². The lowest BCUT2D eigenvalue weighted by Crippen LogP contribution is -2.55. The zero-order valence-corrected chi connectivity index (χ0v) is 12.1. The van der Waals surface area contributed by atoms with Crippen LogP contribution in [-0.2, 0) is 4.79 Å². The molecule has 1 aromatic rings. The average molecular weight is 282 g/mol. The van der Waals surface area contributed by atoms with E-state index >= 15 is 0 Å².